The van der Waals surface area contributed by atoms with Gasteiger partial charge >= 0.3 is 0 Å². The number of aromatic hydroxyl groups is 1. The molecule has 196 valence electrons. The van der Waals surface area contributed by atoms with Gasteiger partial charge in [-0.2, -0.15) is 0 Å². The average molecular weight is 550 g/mol. The van der Waals surface area contributed by atoms with Gasteiger partial charge in [0.05, 0.1) is 29.0 Å². The highest BCUT2D eigenvalue weighted by molar-refractivity contribution is 6.32. The second kappa shape index (κ2) is 11.2. The average Bonchev–Trinajstić information content (AvgIpc) is 3.23. The number of halogens is 2. The van der Waals surface area contributed by atoms with Crippen molar-refractivity contribution in [3.8, 4) is 5.88 Å². The third-order valence-corrected chi connectivity index (χ3v) is 7.39. The number of nitrogens with zero attached hydrogens (tertiary/aromatic N) is 4. The fraction of sp³-hybridized carbons (Fsp3) is 0.241. The third kappa shape index (κ3) is 5.71. The van der Waals surface area contributed by atoms with Crippen molar-refractivity contribution >= 4 is 57.1 Å². The molecule has 0 radical (unpaired) electrons. The van der Waals surface area contributed by atoms with Crippen LogP contribution in [-0.2, 0) is 4.79 Å². The third-order valence-electron chi connectivity index (χ3n) is 6.90. The summed E-state index contributed by atoms with van der Waals surface area (Å²) in [5.41, 5.74) is 4.14. The summed E-state index contributed by atoms with van der Waals surface area (Å²) in [6.07, 6.45) is 0. The van der Waals surface area contributed by atoms with Crippen molar-refractivity contribution in [2.45, 2.75) is 0 Å². The summed E-state index contributed by atoms with van der Waals surface area (Å²) in [6.45, 7) is 4.13. The molecule has 1 saturated heterocycles. The van der Waals surface area contributed by atoms with E-state index in [0.717, 1.165) is 42.8 Å². The normalized spacial score (nSPS) is 15.2. The zero-order chi connectivity index (χ0) is 26.8. The van der Waals surface area contributed by atoms with Gasteiger partial charge in [0.25, 0.3) is 0 Å². The van der Waals surface area contributed by atoms with Crippen LogP contribution in [0.15, 0.2) is 71.7 Å². The number of aromatic nitrogens is 1. The van der Waals surface area contributed by atoms with Gasteiger partial charge in [-0.25, -0.2) is 4.99 Å². The van der Waals surface area contributed by atoms with Crippen molar-refractivity contribution in [2.75, 3.05) is 51.7 Å². The molecular formula is C29H29Cl2N5O2. The molecule has 1 aliphatic rings. The number of anilines is 1. The second-order valence-corrected chi connectivity index (χ2v) is 10.4. The lowest BCUT2D eigenvalue weighted by atomic mass is 10.0. The van der Waals surface area contributed by atoms with Crippen LogP contribution in [0.3, 0.4) is 0 Å². The first-order valence-electron chi connectivity index (χ1n) is 12.4. The van der Waals surface area contributed by atoms with Crippen LogP contribution in [0.2, 0.25) is 10.0 Å². The molecule has 38 heavy (non-hydrogen) atoms. The highest BCUT2D eigenvalue weighted by atomic mass is 35.5. The molecule has 0 saturated carbocycles. The van der Waals surface area contributed by atoms with E-state index in [1.165, 1.54) is 0 Å². The van der Waals surface area contributed by atoms with E-state index in [0.29, 0.717) is 39.1 Å². The van der Waals surface area contributed by atoms with Crippen LogP contribution in [0.5, 0.6) is 5.88 Å². The van der Waals surface area contributed by atoms with Gasteiger partial charge in [0.2, 0.25) is 5.91 Å². The van der Waals surface area contributed by atoms with E-state index in [1.54, 1.807) is 36.2 Å². The number of nitrogens with one attached hydrogen (secondary N) is 1. The predicted octanol–water partition coefficient (Wildman–Crippen LogP) is 5.56. The Morgan fingerprint density at radius 2 is 1.63 bits per heavy atom. The number of piperazine rings is 1. The zero-order valence-corrected chi connectivity index (χ0v) is 22.8. The lowest BCUT2D eigenvalue weighted by Gasteiger charge is -2.32. The Morgan fingerprint density at radius 1 is 0.974 bits per heavy atom. The van der Waals surface area contributed by atoms with E-state index in [1.807, 2.05) is 42.5 Å². The number of hydrogen-bond acceptors (Lipinski definition) is 5. The zero-order valence-electron chi connectivity index (χ0n) is 21.3. The molecule has 0 bridgehead atoms. The van der Waals surface area contributed by atoms with Crippen LogP contribution >= 0.6 is 23.2 Å². The number of likely N-dealkylation sites (N-methyl/N-ethyl adjacent to an activating group) is 2. The molecule has 4 aromatic rings. The number of amides is 1. The number of carbonyl (C=O) groups is 1. The van der Waals surface area contributed by atoms with Gasteiger partial charge < -0.3 is 19.9 Å². The minimum atomic E-state index is 0.00169. The minimum Gasteiger partial charge on any atom is -0.494 e. The summed E-state index contributed by atoms with van der Waals surface area (Å²) < 4.78 is 0. The van der Waals surface area contributed by atoms with E-state index < -0.39 is 0 Å². The van der Waals surface area contributed by atoms with Gasteiger partial charge in [-0.3, -0.25) is 9.69 Å². The SMILES string of the molecule is CN1CCN(CC(=O)N(C)c2ccc(N=C(c3ccc(Cl)cc3)c3c(O)[nH]c4cc(Cl)ccc34)cc2)CC1. The number of rotatable bonds is 6. The molecule has 5 rings (SSSR count). The maximum atomic E-state index is 12.9. The van der Waals surface area contributed by atoms with Crippen LogP contribution < -0.4 is 4.90 Å². The first-order chi connectivity index (χ1) is 18.3. The number of aliphatic imine (C=N–C) groups is 1. The van der Waals surface area contributed by atoms with Crippen molar-refractivity contribution in [1.82, 2.24) is 14.8 Å². The van der Waals surface area contributed by atoms with Crippen molar-refractivity contribution < 1.29 is 9.90 Å². The Kier molecular flexibility index (Phi) is 7.72. The van der Waals surface area contributed by atoms with Crippen LogP contribution in [0.1, 0.15) is 11.1 Å². The summed E-state index contributed by atoms with van der Waals surface area (Å²) >= 11 is 12.3. The first kappa shape index (κ1) is 26.3. The van der Waals surface area contributed by atoms with E-state index in [4.69, 9.17) is 28.2 Å². The standard InChI is InChI=1S/C29H29Cl2N5O2/c1-34-13-15-36(16-14-34)18-26(37)35(2)23-10-8-22(9-11-23)32-28(19-3-5-20(30)6-4-19)27-24-12-7-21(31)17-25(24)33-29(27)38/h3-12,17,33,38H,13-16,18H2,1-2H3. The molecule has 2 heterocycles. The molecule has 0 unspecified atom stereocenters. The lowest BCUT2D eigenvalue weighted by molar-refractivity contribution is -0.119. The Balaban J connectivity index is 1.44. The van der Waals surface area contributed by atoms with Gasteiger partial charge in [0.15, 0.2) is 5.88 Å². The van der Waals surface area contributed by atoms with Crippen LogP contribution in [-0.4, -0.2) is 78.3 Å². The second-order valence-electron chi connectivity index (χ2n) is 9.55. The number of aromatic amines is 1. The van der Waals surface area contributed by atoms with E-state index in [-0.39, 0.29) is 11.8 Å². The van der Waals surface area contributed by atoms with Crippen LogP contribution in [0.4, 0.5) is 11.4 Å². The summed E-state index contributed by atoms with van der Waals surface area (Å²) in [6, 6.07) is 20.2. The molecule has 2 N–H and O–H groups in total. The number of benzene rings is 3. The number of H-pyrrole nitrogens is 1. The van der Waals surface area contributed by atoms with E-state index in [2.05, 4.69) is 21.8 Å². The highest BCUT2D eigenvalue weighted by Crippen LogP contribution is 2.33. The quantitative estimate of drug-likeness (QED) is 0.309. The topological polar surface area (TPSA) is 75.2 Å². The number of carbonyl (C=O) groups excluding carboxylic acids is 1. The monoisotopic (exact) mass is 549 g/mol. The van der Waals surface area contributed by atoms with E-state index >= 15 is 0 Å². The smallest absolute Gasteiger partial charge is 0.240 e. The Hall–Kier alpha value is -3.36. The number of fused-ring (bicyclic) bond motifs is 1. The Labute approximate surface area is 231 Å². The molecular weight excluding hydrogens is 521 g/mol. The van der Waals surface area contributed by atoms with Crippen LogP contribution in [0, 0.1) is 0 Å². The van der Waals surface area contributed by atoms with Crippen molar-refractivity contribution in [1.29, 1.82) is 0 Å². The lowest BCUT2D eigenvalue weighted by Crippen LogP contribution is -2.48. The molecule has 1 fully saturated rings. The fourth-order valence-electron chi connectivity index (χ4n) is 4.59. The van der Waals surface area contributed by atoms with Crippen molar-refractivity contribution in [3.63, 3.8) is 0 Å². The molecule has 1 amide bonds. The van der Waals surface area contributed by atoms with Gasteiger partial charge in [-0.15, -0.1) is 0 Å². The van der Waals surface area contributed by atoms with Gasteiger partial charge in [-0.1, -0.05) is 41.4 Å². The van der Waals surface area contributed by atoms with E-state index in [9.17, 15) is 9.90 Å². The van der Waals surface area contributed by atoms with Crippen molar-refractivity contribution in [2.24, 2.45) is 4.99 Å². The number of hydrogen-bond donors (Lipinski definition) is 2. The molecule has 0 spiro atoms. The predicted molar refractivity (Wildman–Crippen MR) is 156 cm³/mol. The molecule has 9 heteroatoms. The largest absolute Gasteiger partial charge is 0.494 e. The maximum Gasteiger partial charge on any atom is 0.240 e. The first-order valence-corrected chi connectivity index (χ1v) is 13.2. The van der Waals surface area contributed by atoms with Gasteiger partial charge in [0.1, 0.15) is 0 Å². The molecule has 3 aromatic carbocycles. The molecule has 0 atom stereocenters. The van der Waals surface area contributed by atoms with Crippen LogP contribution in [0.25, 0.3) is 10.9 Å². The summed E-state index contributed by atoms with van der Waals surface area (Å²) in [5.74, 6) is 0.0526. The Morgan fingerprint density at radius 3 is 2.32 bits per heavy atom. The molecule has 1 aliphatic heterocycles. The highest BCUT2D eigenvalue weighted by Gasteiger charge is 2.21. The van der Waals surface area contributed by atoms with Gasteiger partial charge in [0, 0.05) is 59.9 Å². The summed E-state index contributed by atoms with van der Waals surface area (Å²) in [5, 5.41) is 12.8. The van der Waals surface area contributed by atoms with Gasteiger partial charge in [-0.05, 0) is 55.6 Å². The minimum absolute atomic E-state index is 0.00169. The summed E-state index contributed by atoms with van der Waals surface area (Å²) in [7, 11) is 3.90. The van der Waals surface area contributed by atoms with Crippen molar-refractivity contribution in [3.05, 3.63) is 87.9 Å². The molecule has 1 aromatic heterocycles. The molecule has 0 aliphatic carbocycles. The fourth-order valence-corrected chi connectivity index (χ4v) is 4.89. The molecule has 7 nitrogen and oxygen atoms in total. The maximum absolute atomic E-state index is 12.9. The summed E-state index contributed by atoms with van der Waals surface area (Å²) in [4.78, 5) is 27.0. The Bertz CT molecular complexity index is 1470.